The minimum Gasteiger partial charge on any atom is -0.454 e. The molecule has 33 heavy (non-hydrogen) atoms. The van der Waals surface area contributed by atoms with Gasteiger partial charge in [-0.15, -0.1) is 0 Å². The lowest BCUT2D eigenvalue weighted by Gasteiger charge is -2.12. The smallest absolute Gasteiger partial charge is 0.339 e. The molecule has 0 unspecified atom stereocenters. The fourth-order valence-corrected chi connectivity index (χ4v) is 4.04. The number of esters is 1. The van der Waals surface area contributed by atoms with Crippen LogP contribution in [0.4, 0.5) is 0 Å². The van der Waals surface area contributed by atoms with Crippen molar-refractivity contribution in [1.82, 2.24) is 4.98 Å². The second-order valence-electron chi connectivity index (χ2n) is 7.72. The molecule has 0 amide bonds. The Hall–Kier alpha value is -3.95. The number of fused-ring (bicyclic) bond motifs is 2. The number of hydrogen-bond donors (Lipinski definition) is 1. The lowest BCUT2D eigenvalue weighted by atomic mass is 10.0. The van der Waals surface area contributed by atoms with Crippen LogP contribution in [0.25, 0.3) is 22.6 Å². The first-order chi connectivity index (χ1) is 15.9. The van der Waals surface area contributed by atoms with Crippen molar-refractivity contribution >= 4 is 45.9 Å². The second kappa shape index (κ2) is 9.27. The zero-order valence-electron chi connectivity index (χ0n) is 17.9. The lowest BCUT2D eigenvalue weighted by Crippen LogP contribution is -2.19. The molecule has 0 fully saturated rings. The highest BCUT2D eigenvalue weighted by Gasteiger charge is 2.28. The van der Waals surface area contributed by atoms with Gasteiger partial charge in [0.15, 0.2) is 6.61 Å². The number of para-hydroxylation sites is 1. The van der Waals surface area contributed by atoms with E-state index in [4.69, 9.17) is 32.3 Å². The molecule has 3 aromatic rings. The maximum atomic E-state index is 13.1. The third-order valence-electron chi connectivity index (χ3n) is 5.48. The molecule has 164 valence electrons. The lowest BCUT2D eigenvalue weighted by molar-refractivity contribution is -0.118. The van der Waals surface area contributed by atoms with Gasteiger partial charge in [0.1, 0.15) is 11.6 Å². The number of nitrogens with zero attached hydrogens (tertiary/aromatic N) is 2. The molecule has 0 spiro atoms. The zero-order chi connectivity index (χ0) is 23.5. The van der Waals surface area contributed by atoms with Crippen LogP contribution in [-0.4, -0.2) is 23.3 Å². The Balaban J connectivity index is 1.73. The number of ether oxygens (including phenoxy) is 1. The van der Waals surface area contributed by atoms with Crippen LogP contribution in [0.5, 0.6) is 0 Å². The molecule has 0 radical (unpaired) electrons. The van der Waals surface area contributed by atoms with E-state index in [1.807, 2.05) is 54.6 Å². The number of nitrogens with two attached hydrogens (primary N) is 1. The number of carbonyl (C=O) groups is 2. The SMILES string of the molecule is C/C(N)=C(/C#N)C(=O)COC(=O)c1c2c(nc3ccccc13)/C(=C/c1ccc(Cl)cc1)CC2. The summed E-state index contributed by atoms with van der Waals surface area (Å²) >= 11 is 5.99. The first-order valence-electron chi connectivity index (χ1n) is 10.3. The maximum absolute atomic E-state index is 13.1. The number of halogens is 1. The second-order valence-corrected chi connectivity index (χ2v) is 8.16. The molecule has 1 aliphatic carbocycles. The number of rotatable bonds is 5. The highest BCUT2D eigenvalue weighted by Crippen LogP contribution is 2.37. The van der Waals surface area contributed by atoms with Crippen molar-refractivity contribution < 1.29 is 14.3 Å². The van der Waals surface area contributed by atoms with Gasteiger partial charge in [0.05, 0.1) is 16.8 Å². The van der Waals surface area contributed by atoms with E-state index in [1.54, 1.807) is 6.07 Å². The number of allylic oxidation sites excluding steroid dienone is 2. The number of nitriles is 1. The van der Waals surface area contributed by atoms with Crippen LogP contribution < -0.4 is 5.73 Å². The van der Waals surface area contributed by atoms with Crippen LogP contribution in [0.15, 0.2) is 59.8 Å². The topological polar surface area (TPSA) is 106 Å². The standard InChI is InChI=1S/C26H20ClN3O3/c1-15(29)21(13-28)23(31)14-33-26(32)24-19-4-2-3-5-22(19)30-25-17(8-11-20(24)25)12-16-6-9-18(27)10-7-16/h2-7,9-10,12H,8,11,14,29H2,1H3/b17-12+,21-15+. The highest BCUT2D eigenvalue weighted by atomic mass is 35.5. The normalized spacial score (nSPS) is 14.5. The third kappa shape index (κ3) is 4.50. The van der Waals surface area contributed by atoms with Gasteiger partial charge < -0.3 is 10.5 Å². The van der Waals surface area contributed by atoms with Crippen LogP contribution >= 0.6 is 11.6 Å². The molecule has 6 nitrogen and oxygen atoms in total. The van der Waals surface area contributed by atoms with Gasteiger partial charge in [0.2, 0.25) is 5.78 Å². The Kier molecular flexibility index (Phi) is 6.25. The number of ketones is 1. The summed E-state index contributed by atoms with van der Waals surface area (Å²) in [6.07, 6.45) is 3.38. The molecular formula is C26H20ClN3O3. The van der Waals surface area contributed by atoms with Gasteiger partial charge in [-0.3, -0.25) is 4.79 Å². The summed E-state index contributed by atoms with van der Waals surface area (Å²) in [5, 5.41) is 10.4. The molecule has 1 heterocycles. The van der Waals surface area contributed by atoms with Crippen LogP contribution in [-0.2, 0) is 16.0 Å². The maximum Gasteiger partial charge on any atom is 0.339 e. The van der Waals surface area contributed by atoms with Crippen molar-refractivity contribution in [2.75, 3.05) is 6.61 Å². The van der Waals surface area contributed by atoms with Crippen LogP contribution in [0, 0.1) is 11.3 Å². The van der Waals surface area contributed by atoms with E-state index < -0.39 is 18.4 Å². The Morgan fingerprint density at radius 2 is 1.91 bits per heavy atom. The third-order valence-corrected chi connectivity index (χ3v) is 5.73. The van der Waals surface area contributed by atoms with Crippen LogP contribution in [0.3, 0.4) is 0 Å². The summed E-state index contributed by atoms with van der Waals surface area (Å²) in [5.74, 6) is -1.26. The predicted molar refractivity (Wildman–Crippen MR) is 127 cm³/mol. The van der Waals surface area contributed by atoms with Crippen molar-refractivity contribution in [3.63, 3.8) is 0 Å². The molecule has 1 aromatic heterocycles. The number of Topliss-reactive ketones (excluding diaryl/α,β-unsaturated/α-hetero) is 1. The molecule has 7 heteroatoms. The van der Waals surface area contributed by atoms with Gasteiger partial charge in [-0.05, 0) is 60.7 Å². The largest absolute Gasteiger partial charge is 0.454 e. The molecule has 2 aromatic carbocycles. The number of benzene rings is 2. The minimum atomic E-state index is -0.635. The molecule has 0 aliphatic heterocycles. The molecule has 1 aliphatic rings. The van der Waals surface area contributed by atoms with Crippen molar-refractivity contribution in [3.8, 4) is 6.07 Å². The summed E-state index contributed by atoms with van der Waals surface area (Å²) in [7, 11) is 0. The summed E-state index contributed by atoms with van der Waals surface area (Å²) in [6, 6.07) is 16.6. The van der Waals surface area contributed by atoms with E-state index in [1.165, 1.54) is 6.92 Å². The fraction of sp³-hybridized carbons (Fsp3) is 0.154. The summed E-state index contributed by atoms with van der Waals surface area (Å²) in [5.41, 5.74) is 10.0. The van der Waals surface area contributed by atoms with Gasteiger partial charge in [0, 0.05) is 16.1 Å². The van der Waals surface area contributed by atoms with E-state index in [-0.39, 0.29) is 11.3 Å². The highest BCUT2D eigenvalue weighted by molar-refractivity contribution is 6.30. The van der Waals surface area contributed by atoms with E-state index in [0.717, 1.165) is 22.4 Å². The Labute approximate surface area is 195 Å². The summed E-state index contributed by atoms with van der Waals surface area (Å²) in [4.78, 5) is 30.2. The van der Waals surface area contributed by atoms with Crippen molar-refractivity contribution in [3.05, 3.63) is 87.2 Å². The first kappa shape index (κ1) is 22.3. The van der Waals surface area contributed by atoms with Crippen molar-refractivity contribution in [2.45, 2.75) is 19.8 Å². The van der Waals surface area contributed by atoms with E-state index in [2.05, 4.69) is 0 Å². The van der Waals surface area contributed by atoms with Crippen molar-refractivity contribution in [2.24, 2.45) is 5.73 Å². The van der Waals surface area contributed by atoms with Crippen LogP contribution in [0.1, 0.15) is 40.5 Å². The molecule has 0 saturated carbocycles. The average molecular weight is 458 g/mol. The Bertz CT molecular complexity index is 1380. The van der Waals surface area contributed by atoms with Crippen molar-refractivity contribution in [1.29, 1.82) is 5.26 Å². The Morgan fingerprint density at radius 1 is 1.18 bits per heavy atom. The number of hydrogen-bond acceptors (Lipinski definition) is 6. The van der Waals surface area contributed by atoms with E-state index in [9.17, 15) is 9.59 Å². The molecule has 4 rings (SSSR count). The van der Waals surface area contributed by atoms with Gasteiger partial charge >= 0.3 is 5.97 Å². The summed E-state index contributed by atoms with van der Waals surface area (Å²) in [6.45, 7) is 0.894. The minimum absolute atomic E-state index is 0.0887. The number of aromatic nitrogens is 1. The molecule has 0 bridgehead atoms. The quantitative estimate of drug-likeness (QED) is 0.333. The zero-order valence-corrected chi connectivity index (χ0v) is 18.6. The fourth-order valence-electron chi connectivity index (χ4n) is 3.92. The summed E-state index contributed by atoms with van der Waals surface area (Å²) < 4.78 is 5.33. The molecular weight excluding hydrogens is 438 g/mol. The number of pyridine rings is 1. The molecule has 2 N–H and O–H groups in total. The van der Waals surface area contributed by atoms with Crippen LogP contribution in [0.2, 0.25) is 5.02 Å². The number of carbonyl (C=O) groups excluding carboxylic acids is 2. The molecule has 0 saturated heterocycles. The monoisotopic (exact) mass is 457 g/mol. The predicted octanol–water partition coefficient (Wildman–Crippen LogP) is 4.86. The van der Waals surface area contributed by atoms with Gasteiger partial charge in [0.25, 0.3) is 0 Å². The van der Waals surface area contributed by atoms with Gasteiger partial charge in [-0.25, -0.2) is 9.78 Å². The van der Waals surface area contributed by atoms with Gasteiger partial charge in [-0.2, -0.15) is 5.26 Å². The van der Waals surface area contributed by atoms with E-state index >= 15 is 0 Å². The first-order valence-corrected chi connectivity index (χ1v) is 10.7. The molecule has 0 atom stereocenters. The van der Waals surface area contributed by atoms with E-state index in [0.29, 0.717) is 34.3 Å². The van der Waals surface area contributed by atoms with Gasteiger partial charge in [-0.1, -0.05) is 41.9 Å². The Morgan fingerprint density at radius 3 is 2.61 bits per heavy atom. The average Bonchev–Trinajstić information content (AvgIpc) is 3.19.